The van der Waals surface area contributed by atoms with E-state index in [1.54, 1.807) is 13.1 Å². The lowest BCUT2D eigenvalue weighted by molar-refractivity contribution is -0.137. The van der Waals surface area contributed by atoms with Gasteiger partial charge in [-0.25, -0.2) is 0 Å². The van der Waals surface area contributed by atoms with Gasteiger partial charge in [0.25, 0.3) is 0 Å². The van der Waals surface area contributed by atoms with E-state index < -0.39 is 36.6 Å². The molecule has 7 atom stereocenters. The van der Waals surface area contributed by atoms with Crippen molar-refractivity contribution in [1.82, 2.24) is 25.8 Å². The van der Waals surface area contributed by atoms with Crippen molar-refractivity contribution >= 4 is 11.8 Å². The van der Waals surface area contributed by atoms with Gasteiger partial charge in [-0.2, -0.15) is 0 Å². The van der Waals surface area contributed by atoms with Crippen molar-refractivity contribution in [2.24, 2.45) is 17.8 Å². The monoisotopic (exact) mass is 800 g/mol. The van der Waals surface area contributed by atoms with Crippen LogP contribution in [0.5, 0.6) is 0 Å². The molecule has 0 aromatic carbocycles. The van der Waals surface area contributed by atoms with E-state index in [9.17, 15) is 30.0 Å². The SMILES string of the molecule is C/C=C\C/C=C\CC(O)CN(CCCCC1NC(=O)C(CCCCN(CC(C)O)CC(O)N/C=C\C/C=C\C(C)C)NC1=O)CC(O)C(C)/C=C\C/C=C\C(C)C. The summed E-state index contributed by atoms with van der Waals surface area (Å²) < 4.78 is 0. The molecule has 1 saturated heterocycles. The van der Waals surface area contributed by atoms with Crippen LogP contribution in [0.4, 0.5) is 0 Å². The van der Waals surface area contributed by atoms with Crippen LogP contribution in [0, 0.1) is 17.8 Å². The summed E-state index contributed by atoms with van der Waals surface area (Å²) in [5.74, 6) is 0.619. The van der Waals surface area contributed by atoms with Crippen molar-refractivity contribution in [1.29, 1.82) is 0 Å². The second-order valence-corrected chi connectivity index (χ2v) is 16.4. The zero-order chi connectivity index (χ0) is 42.4. The first kappa shape index (κ1) is 52.0. The molecular formula is C46H81N5O6. The van der Waals surface area contributed by atoms with Crippen LogP contribution in [0.3, 0.4) is 0 Å². The van der Waals surface area contributed by atoms with Gasteiger partial charge >= 0.3 is 0 Å². The molecule has 0 saturated carbocycles. The molecule has 1 rings (SSSR count). The number of nitrogens with zero attached hydrogens (tertiary/aromatic N) is 2. The van der Waals surface area contributed by atoms with Crippen molar-refractivity contribution < 1.29 is 30.0 Å². The number of piperazine rings is 1. The summed E-state index contributed by atoms with van der Waals surface area (Å²) in [6.07, 6.45) is 28.9. The lowest BCUT2D eigenvalue weighted by Crippen LogP contribution is -2.61. The summed E-state index contributed by atoms with van der Waals surface area (Å²) in [4.78, 5) is 30.1. The molecule has 0 bridgehead atoms. The molecule has 1 heterocycles. The Labute approximate surface area is 346 Å². The molecule has 1 aliphatic rings. The maximum Gasteiger partial charge on any atom is 0.243 e. The van der Waals surface area contributed by atoms with E-state index in [4.69, 9.17) is 0 Å². The Bertz CT molecular complexity index is 1250. The quantitative estimate of drug-likeness (QED) is 0.0256. The summed E-state index contributed by atoms with van der Waals surface area (Å²) in [7, 11) is 0. The number of carbonyl (C=O) groups is 2. The Hall–Kier alpha value is -3.06. The van der Waals surface area contributed by atoms with Crippen LogP contribution in [0.25, 0.3) is 0 Å². The largest absolute Gasteiger partial charge is 0.392 e. The van der Waals surface area contributed by atoms with Gasteiger partial charge in [0.15, 0.2) is 0 Å². The zero-order valence-electron chi connectivity index (χ0n) is 36.4. The molecule has 57 heavy (non-hydrogen) atoms. The maximum absolute atomic E-state index is 13.0. The molecule has 0 aromatic heterocycles. The third-order valence-corrected chi connectivity index (χ3v) is 9.69. The normalized spacial score (nSPS) is 19.8. The van der Waals surface area contributed by atoms with E-state index in [1.165, 1.54) is 0 Å². The zero-order valence-corrected chi connectivity index (χ0v) is 36.4. The van der Waals surface area contributed by atoms with Gasteiger partial charge in [-0.05, 0) is 109 Å². The Kier molecular flexibility index (Phi) is 29.1. The average molecular weight is 800 g/mol. The Morgan fingerprint density at radius 3 is 1.70 bits per heavy atom. The number of carbonyl (C=O) groups excluding carboxylic acids is 2. The summed E-state index contributed by atoms with van der Waals surface area (Å²) in [6.45, 7) is 17.2. The molecule has 11 nitrogen and oxygen atoms in total. The highest BCUT2D eigenvalue weighted by Crippen LogP contribution is 2.14. The first-order valence-electron chi connectivity index (χ1n) is 21.7. The van der Waals surface area contributed by atoms with Crippen molar-refractivity contribution in [3.8, 4) is 0 Å². The predicted octanol–water partition coefficient (Wildman–Crippen LogP) is 5.75. The van der Waals surface area contributed by atoms with Crippen LogP contribution in [-0.2, 0) is 9.59 Å². The van der Waals surface area contributed by atoms with Crippen molar-refractivity contribution in [3.63, 3.8) is 0 Å². The average Bonchev–Trinajstić information content (AvgIpc) is 3.13. The van der Waals surface area contributed by atoms with Gasteiger partial charge in [-0.1, -0.05) is 101 Å². The fourth-order valence-electron chi connectivity index (χ4n) is 6.53. The second-order valence-electron chi connectivity index (χ2n) is 16.4. The number of hydrogen-bond acceptors (Lipinski definition) is 9. The molecular weight excluding hydrogens is 719 g/mol. The Balaban J connectivity index is 2.60. The minimum Gasteiger partial charge on any atom is -0.392 e. The molecule has 0 aliphatic carbocycles. The van der Waals surface area contributed by atoms with E-state index in [0.29, 0.717) is 83.2 Å². The molecule has 7 unspecified atom stereocenters. The number of rotatable bonds is 32. The maximum atomic E-state index is 13.0. The molecule has 0 radical (unpaired) electrons. The lowest BCUT2D eigenvalue weighted by Gasteiger charge is -2.31. The third-order valence-electron chi connectivity index (χ3n) is 9.69. The highest BCUT2D eigenvalue weighted by molar-refractivity contribution is 5.96. The molecule has 326 valence electrons. The van der Waals surface area contributed by atoms with Crippen LogP contribution in [-0.4, -0.2) is 118 Å². The number of amides is 2. The van der Waals surface area contributed by atoms with E-state index in [1.807, 2.05) is 43.1 Å². The Morgan fingerprint density at radius 2 is 1.16 bits per heavy atom. The summed E-state index contributed by atoms with van der Waals surface area (Å²) in [6, 6.07) is -1.18. The first-order valence-corrected chi connectivity index (χ1v) is 21.7. The number of nitrogens with one attached hydrogen (secondary N) is 3. The molecule has 7 N–H and O–H groups in total. The highest BCUT2D eigenvalue weighted by Gasteiger charge is 2.33. The summed E-state index contributed by atoms with van der Waals surface area (Å²) >= 11 is 0. The molecule has 2 amide bonds. The van der Waals surface area contributed by atoms with E-state index in [-0.39, 0.29) is 17.7 Å². The minimum absolute atomic E-state index is 0.0415. The number of allylic oxidation sites excluding steroid dienone is 9. The number of aliphatic hydroxyl groups is 4. The third kappa shape index (κ3) is 27.3. The summed E-state index contributed by atoms with van der Waals surface area (Å²) in [5.41, 5.74) is 0. The second kappa shape index (κ2) is 31.9. The first-order chi connectivity index (χ1) is 27.2. The number of aliphatic hydroxyl groups excluding tert-OH is 4. The lowest BCUT2D eigenvalue weighted by atomic mass is 10.0. The van der Waals surface area contributed by atoms with Crippen molar-refractivity contribution in [3.05, 3.63) is 73.0 Å². The van der Waals surface area contributed by atoms with Gasteiger partial charge < -0.3 is 36.4 Å². The predicted molar refractivity (Wildman–Crippen MR) is 235 cm³/mol. The Morgan fingerprint density at radius 1 is 0.632 bits per heavy atom. The van der Waals surface area contributed by atoms with Gasteiger partial charge in [0.1, 0.15) is 18.3 Å². The minimum atomic E-state index is -0.783. The van der Waals surface area contributed by atoms with Gasteiger partial charge in [0.05, 0.1) is 18.3 Å². The van der Waals surface area contributed by atoms with Crippen molar-refractivity contribution in [2.75, 3.05) is 39.3 Å². The van der Waals surface area contributed by atoms with Gasteiger partial charge in [0, 0.05) is 32.1 Å². The van der Waals surface area contributed by atoms with Gasteiger partial charge in [0.2, 0.25) is 11.8 Å². The topological polar surface area (TPSA) is 158 Å². The van der Waals surface area contributed by atoms with Crippen molar-refractivity contribution in [2.45, 2.75) is 149 Å². The molecule has 11 heteroatoms. The van der Waals surface area contributed by atoms with Crippen LogP contribution < -0.4 is 16.0 Å². The standard InChI is InChI=1S/C46H81N5O6/c1-8-9-10-11-17-26-40(53)33-51(34-43(54)38(6)25-16-12-14-23-36(2)3)31-22-19-28-42-46(57)48-41(45(56)49-42)27-18-21-30-50(32-39(7)52)35-44(55)47-29-20-13-15-24-37(4)5/h8-9,11,14-17,20,23-25,29,36-44,47,52-55H,10,12-13,18-19,21-22,26-28,30-35H2,1-7H3,(H,48,57)(H,49,56)/b9-8-,17-11-,23-14-,24-15-,25-16-,29-20-. The van der Waals surface area contributed by atoms with Crippen LogP contribution in [0.1, 0.15) is 113 Å². The molecule has 0 aromatic rings. The summed E-state index contributed by atoms with van der Waals surface area (Å²) in [5, 5.41) is 51.2. The van der Waals surface area contributed by atoms with Crippen LogP contribution >= 0.6 is 0 Å². The van der Waals surface area contributed by atoms with Gasteiger partial charge in [-0.15, -0.1) is 0 Å². The molecule has 1 aliphatic heterocycles. The number of unbranched alkanes of at least 4 members (excludes halogenated alkanes) is 2. The smallest absolute Gasteiger partial charge is 0.243 e. The molecule has 1 fully saturated rings. The van der Waals surface area contributed by atoms with E-state index in [0.717, 1.165) is 32.1 Å². The van der Waals surface area contributed by atoms with Crippen LogP contribution in [0.2, 0.25) is 0 Å². The molecule has 0 spiro atoms. The fourth-order valence-corrected chi connectivity index (χ4v) is 6.53. The highest BCUT2D eigenvalue weighted by atomic mass is 16.3. The number of hydrogen-bond donors (Lipinski definition) is 7. The van der Waals surface area contributed by atoms with Gasteiger partial charge in [-0.3, -0.25) is 19.4 Å². The van der Waals surface area contributed by atoms with Crippen LogP contribution in [0.15, 0.2) is 73.0 Å². The van der Waals surface area contributed by atoms with E-state index >= 15 is 0 Å². The fraction of sp³-hybridized carbons (Fsp3) is 0.696. The van der Waals surface area contributed by atoms with E-state index in [2.05, 4.69) is 91.1 Å².